The minimum absolute atomic E-state index is 0.0106. The number of ether oxygens (including phenoxy) is 1. The Labute approximate surface area is 143 Å². The second kappa shape index (κ2) is 7.22. The highest BCUT2D eigenvalue weighted by Crippen LogP contribution is 2.24. The topological polar surface area (TPSA) is 101 Å². The molecule has 2 heterocycles. The van der Waals surface area contributed by atoms with Crippen LogP contribution in [0.4, 0.5) is 9.93 Å². The lowest BCUT2D eigenvalue weighted by molar-refractivity contribution is -0.130. The van der Waals surface area contributed by atoms with Crippen molar-refractivity contribution in [2.45, 2.75) is 26.4 Å². The molecule has 2 aromatic rings. The van der Waals surface area contributed by atoms with Gasteiger partial charge < -0.3 is 9.84 Å². The van der Waals surface area contributed by atoms with Gasteiger partial charge in [-0.05, 0) is 38.5 Å². The largest absolute Gasteiger partial charge is 0.478 e. The van der Waals surface area contributed by atoms with Crippen LogP contribution < -0.4 is 5.32 Å². The number of carbonyl (C=O) groups is 2. The SMILES string of the molecule is CC(C)(C)OC(=O)Nc1nc(/C(=C/c2cccnc2)C(=O)O)cs1. The number of aromatic nitrogens is 2. The molecule has 2 rings (SSSR count). The number of nitrogens with one attached hydrogen (secondary N) is 1. The van der Waals surface area contributed by atoms with Crippen LogP contribution in [0, 0.1) is 0 Å². The molecule has 7 nitrogen and oxygen atoms in total. The maximum absolute atomic E-state index is 11.7. The van der Waals surface area contributed by atoms with Gasteiger partial charge in [-0.15, -0.1) is 11.3 Å². The normalized spacial score (nSPS) is 11.9. The Kier molecular flexibility index (Phi) is 5.30. The molecule has 0 aliphatic carbocycles. The number of nitrogens with zero attached hydrogens (tertiary/aromatic N) is 2. The smallest absolute Gasteiger partial charge is 0.413 e. The molecule has 0 aliphatic heterocycles. The molecular formula is C16H17N3O4S. The molecule has 0 atom stereocenters. The lowest BCUT2D eigenvalue weighted by Crippen LogP contribution is -2.27. The molecule has 0 saturated carbocycles. The van der Waals surface area contributed by atoms with E-state index < -0.39 is 17.7 Å². The predicted octanol–water partition coefficient (Wildman–Crippen LogP) is 3.51. The Morgan fingerprint density at radius 1 is 1.38 bits per heavy atom. The van der Waals surface area contributed by atoms with E-state index in [9.17, 15) is 14.7 Å². The van der Waals surface area contributed by atoms with E-state index >= 15 is 0 Å². The zero-order valence-electron chi connectivity index (χ0n) is 13.4. The fourth-order valence-corrected chi connectivity index (χ4v) is 2.42. The van der Waals surface area contributed by atoms with Gasteiger partial charge in [0.2, 0.25) is 0 Å². The van der Waals surface area contributed by atoms with E-state index in [-0.39, 0.29) is 16.4 Å². The van der Waals surface area contributed by atoms with Gasteiger partial charge in [-0.3, -0.25) is 10.3 Å². The standard InChI is InChI=1S/C16H17N3O4S/c1-16(2,3)23-15(22)19-14-18-12(9-24-14)11(13(20)21)7-10-5-4-6-17-8-10/h4-9H,1-3H3,(H,20,21)(H,18,19,22)/b11-7-. The number of pyridine rings is 1. The summed E-state index contributed by atoms with van der Waals surface area (Å²) in [4.78, 5) is 31.3. The number of carbonyl (C=O) groups excluding carboxylic acids is 1. The molecular weight excluding hydrogens is 330 g/mol. The van der Waals surface area contributed by atoms with Crippen molar-refractivity contribution in [2.24, 2.45) is 0 Å². The molecule has 0 unspecified atom stereocenters. The summed E-state index contributed by atoms with van der Waals surface area (Å²) in [6, 6.07) is 3.45. The molecule has 126 valence electrons. The van der Waals surface area contributed by atoms with Crippen LogP contribution in [0.5, 0.6) is 0 Å². The zero-order chi connectivity index (χ0) is 17.7. The van der Waals surface area contributed by atoms with Gasteiger partial charge in [0.25, 0.3) is 0 Å². The van der Waals surface area contributed by atoms with Crippen LogP contribution in [-0.4, -0.2) is 32.7 Å². The molecule has 0 aromatic carbocycles. The summed E-state index contributed by atoms with van der Waals surface area (Å²) in [5.74, 6) is -1.12. The van der Waals surface area contributed by atoms with Crippen molar-refractivity contribution in [1.82, 2.24) is 9.97 Å². The molecule has 2 aromatic heterocycles. The Bertz CT molecular complexity index is 763. The molecule has 1 amide bonds. The highest BCUT2D eigenvalue weighted by molar-refractivity contribution is 7.14. The summed E-state index contributed by atoms with van der Waals surface area (Å²) in [7, 11) is 0. The molecule has 0 saturated heterocycles. The highest BCUT2D eigenvalue weighted by atomic mass is 32.1. The first-order valence-electron chi connectivity index (χ1n) is 7.05. The van der Waals surface area contributed by atoms with Crippen LogP contribution >= 0.6 is 11.3 Å². The number of aliphatic carboxylic acids is 1. The third-order valence-corrected chi connectivity index (χ3v) is 3.37. The van der Waals surface area contributed by atoms with Crippen LogP contribution in [0.2, 0.25) is 0 Å². The average Bonchev–Trinajstić information content (AvgIpc) is 2.91. The van der Waals surface area contributed by atoms with Crippen LogP contribution in [0.1, 0.15) is 32.0 Å². The fraction of sp³-hybridized carbons (Fsp3) is 0.250. The van der Waals surface area contributed by atoms with Gasteiger partial charge in [-0.1, -0.05) is 6.07 Å². The third-order valence-electron chi connectivity index (χ3n) is 2.61. The van der Waals surface area contributed by atoms with Gasteiger partial charge in [0.1, 0.15) is 5.60 Å². The van der Waals surface area contributed by atoms with Gasteiger partial charge in [0.15, 0.2) is 5.13 Å². The second-order valence-electron chi connectivity index (χ2n) is 5.81. The fourth-order valence-electron chi connectivity index (χ4n) is 1.72. The van der Waals surface area contributed by atoms with Gasteiger partial charge in [-0.25, -0.2) is 14.6 Å². The number of thiazole rings is 1. The Balaban J connectivity index is 2.19. The summed E-state index contributed by atoms with van der Waals surface area (Å²) < 4.78 is 5.13. The molecule has 0 aliphatic rings. The maximum atomic E-state index is 11.7. The van der Waals surface area contributed by atoms with Crippen molar-refractivity contribution >= 4 is 40.2 Å². The van der Waals surface area contributed by atoms with Crippen LogP contribution in [0.15, 0.2) is 29.9 Å². The van der Waals surface area contributed by atoms with Gasteiger partial charge in [-0.2, -0.15) is 0 Å². The van der Waals surface area contributed by atoms with Crippen LogP contribution in [0.25, 0.3) is 11.6 Å². The molecule has 0 bridgehead atoms. The Morgan fingerprint density at radius 3 is 2.71 bits per heavy atom. The van der Waals surface area contributed by atoms with Crippen molar-refractivity contribution in [3.05, 3.63) is 41.2 Å². The Hall–Kier alpha value is -2.74. The lowest BCUT2D eigenvalue weighted by atomic mass is 10.1. The monoisotopic (exact) mass is 347 g/mol. The first-order chi connectivity index (χ1) is 11.2. The summed E-state index contributed by atoms with van der Waals surface area (Å²) in [5.41, 5.74) is 0.278. The third kappa shape index (κ3) is 5.17. The summed E-state index contributed by atoms with van der Waals surface area (Å²) in [6.45, 7) is 5.25. The van der Waals surface area contributed by atoms with Crippen LogP contribution in [-0.2, 0) is 9.53 Å². The number of hydrogen-bond acceptors (Lipinski definition) is 6. The van der Waals surface area contributed by atoms with Crippen molar-refractivity contribution in [2.75, 3.05) is 5.32 Å². The van der Waals surface area contributed by atoms with Gasteiger partial charge in [0.05, 0.1) is 11.3 Å². The zero-order valence-corrected chi connectivity index (χ0v) is 14.3. The van der Waals surface area contributed by atoms with Crippen molar-refractivity contribution < 1.29 is 19.4 Å². The minimum Gasteiger partial charge on any atom is -0.478 e. The minimum atomic E-state index is -1.12. The van der Waals surface area contributed by atoms with E-state index in [4.69, 9.17) is 4.74 Å². The van der Waals surface area contributed by atoms with E-state index in [2.05, 4.69) is 15.3 Å². The number of amides is 1. The quantitative estimate of drug-likeness (QED) is 0.821. The Morgan fingerprint density at radius 2 is 2.12 bits per heavy atom. The summed E-state index contributed by atoms with van der Waals surface area (Å²) in [6.07, 6.45) is 3.98. The van der Waals surface area contributed by atoms with E-state index in [0.717, 1.165) is 11.3 Å². The van der Waals surface area contributed by atoms with E-state index in [1.807, 2.05) is 0 Å². The van der Waals surface area contributed by atoms with Gasteiger partial charge >= 0.3 is 12.1 Å². The number of rotatable bonds is 4. The summed E-state index contributed by atoms with van der Waals surface area (Å²) in [5, 5.41) is 13.7. The number of anilines is 1. The predicted molar refractivity (Wildman–Crippen MR) is 91.7 cm³/mol. The molecule has 0 radical (unpaired) electrons. The second-order valence-corrected chi connectivity index (χ2v) is 6.67. The van der Waals surface area contributed by atoms with Gasteiger partial charge in [0, 0.05) is 17.8 Å². The number of carboxylic acid groups (broad SMARTS) is 1. The van der Waals surface area contributed by atoms with Crippen molar-refractivity contribution in [3.63, 3.8) is 0 Å². The van der Waals surface area contributed by atoms with E-state index in [1.165, 1.54) is 6.08 Å². The van der Waals surface area contributed by atoms with E-state index in [1.54, 1.807) is 50.7 Å². The molecule has 24 heavy (non-hydrogen) atoms. The molecule has 2 N–H and O–H groups in total. The lowest BCUT2D eigenvalue weighted by Gasteiger charge is -2.18. The highest BCUT2D eigenvalue weighted by Gasteiger charge is 2.19. The number of hydrogen-bond donors (Lipinski definition) is 2. The molecule has 8 heteroatoms. The van der Waals surface area contributed by atoms with Crippen molar-refractivity contribution in [1.29, 1.82) is 0 Å². The summed E-state index contributed by atoms with van der Waals surface area (Å²) >= 11 is 1.12. The molecule has 0 spiro atoms. The first-order valence-corrected chi connectivity index (χ1v) is 7.93. The number of carboxylic acids is 1. The average molecular weight is 347 g/mol. The maximum Gasteiger partial charge on any atom is 0.413 e. The van der Waals surface area contributed by atoms with Crippen molar-refractivity contribution in [3.8, 4) is 0 Å². The van der Waals surface area contributed by atoms with Crippen LogP contribution in [0.3, 0.4) is 0 Å². The first kappa shape index (κ1) is 17.6. The molecule has 0 fully saturated rings. The van der Waals surface area contributed by atoms with E-state index in [0.29, 0.717) is 5.56 Å².